The van der Waals surface area contributed by atoms with Crippen molar-refractivity contribution in [2.45, 2.75) is 13.3 Å². The summed E-state index contributed by atoms with van der Waals surface area (Å²) in [6.07, 6.45) is 1.42. The van der Waals surface area contributed by atoms with Crippen molar-refractivity contribution < 1.29 is 21.6 Å². The molecule has 10 heteroatoms. The third-order valence-electron chi connectivity index (χ3n) is 2.86. The average molecular weight is 382 g/mol. The van der Waals surface area contributed by atoms with E-state index in [1.807, 2.05) is 19.1 Å². The van der Waals surface area contributed by atoms with Crippen LogP contribution in [0.2, 0.25) is 0 Å². The zero-order valence-electron chi connectivity index (χ0n) is 13.9. The van der Waals surface area contributed by atoms with Crippen molar-refractivity contribution in [3.05, 3.63) is 60.2 Å². The fourth-order valence-corrected chi connectivity index (χ4v) is 2.41. The lowest BCUT2D eigenvalue weighted by molar-refractivity contribution is 0.116. The number of alkyl halides is 2. The number of nitrogens with zero attached hydrogens (tertiary/aromatic N) is 3. The van der Waals surface area contributed by atoms with Crippen LogP contribution in [0.15, 0.2) is 53.2 Å². The normalized spacial score (nSPS) is 11.0. The Morgan fingerprint density at radius 1 is 1.15 bits per heavy atom. The molecule has 3 rings (SSSR count). The van der Waals surface area contributed by atoms with E-state index in [0.717, 1.165) is 11.8 Å². The first-order valence-electron chi connectivity index (χ1n) is 7.31. The summed E-state index contributed by atoms with van der Waals surface area (Å²) in [6, 6.07) is 10.5. The minimum absolute atomic E-state index is 0.0494. The molecule has 0 spiro atoms. The maximum atomic E-state index is 12.1. The van der Waals surface area contributed by atoms with Crippen molar-refractivity contribution in [2.75, 3.05) is 11.0 Å². The third-order valence-corrected chi connectivity index (χ3v) is 3.46. The molecule has 0 bridgehead atoms. The number of aryl methyl sites for hydroxylation is 1. The lowest BCUT2D eigenvalue weighted by Crippen LogP contribution is -2.09. The molecule has 1 N–H and O–H groups in total. The SMILES string of the molecule is Cc1cccc(NS(C)(=O)=O)c1.FC(F)c1nnc(-c2cccnc2)o1. The molecule has 2 heterocycles. The molecule has 0 saturated heterocycles. The maximum Gasteiger partial charge on any atom is 0.314 e. The van der Waals surface area contributed by atoms with Gasteiger partial charge in [-0.2, -0.15) is 8.78 Å². The molecule has 0 amide bonds. The van der Waals surface area contributed by atoms with Gasteiger partial charge in [0.25, 0.3) is 5.89 Å². The topological polar surface area (TPSA) is 98.0 Å². The number of hydrogen-bond donors (Lipinski definition) is 1. The number of sulfonamides is 1. The monoisotopic (exact) mass is 382 g/mol. The van der Waals surface area contributed by atoms with Crippen molar-refractivity contribution in [2.24, 2.45) is 0 Å². The van der Waals surface area contributed by atoms with Gasteiger partial charge in [0.2, 0.25) is 15.9 Å². The molecule has 0 unspecified atom stereocenters. The summed E-state index contributed by atoms with van der Waals surface area (Å²) in [4.78, 5) is 3.80. The molecule has 0 radical (unpaired) electrons. The van der Waals surface area contributed by atoms with Crippen LogP contribution in [0.4, 0.5) is 14.5 Å². The molecule has 26 heavy (non-hydrogen) atoms. The molecular weight excluding hydrogens is 366 g/mol. The number of anilines is 1. The molecule has 0 aliphatic carbocycles. The Kier molecular flexibility index (Phi) is 6.34. The molecule has 138 valence electrons. The average Bonchev–Trinajstić information content (AvgIpc) is 3.05. The van der Waals surface area contributed by atoms with Gasteiger partial charge in [-0.25, -0.2) is 8.42 Å². The summed E-state index contributed by atoms with van der Waals surface area (Å²) >= 11 is 0. The Bertz CT molecular complexity index is 947. The Morgan fingerprint density at radius 3 is 2.46 bits per heavy atom. The highest BCUT2D eigenvalue weighted by atomic mass is 32.2. The van der Waals surface area contributed by atoms with Crippen molar-refractivity contribution in [1.82, 2.24) is 15.2 Å². The zero-order valence-corrected chi connectivity index (χ0v) is 14.7. The molecule has 3 aromatic rings. The fourth-order valence-electron chi connectivity index (χ4n) is 1.85. The summed E-state index contributed by atoms with van der Waals surface area (Å²) in [6.45, 7) is 1.91. The highest BCUT2D eigenvalue weighted by Crippen LogP contribution is 2.22. The predicted molar refractivity (Wildman–Crippen MR) is 92.1 cm³/mol. The standard InChI is InChI=1S/C8H5F2N3O.C8H11NO2S/c9-6(10)8-13-12-7(14-8)5-2-1-3-11-4-5;1-7-4-3-5-8(6-7)9-12(2,10)11/h1-4,6H;3-6,9H,1-2H3. The molecule has 1 aromatic carbocycles. The molecule has 0 atom stereocenters. The summed E-state index contributed by atoms with van der Waals surface area (Å²) in [5.41, 5.74) is 2.16. The fraction of sp³-hybridized carbons (Fsp3) is 0.188. The Balaban J connectivity index is 0.000000190. The Labute approximate surface area is 149 Å². The number of nitrogens with one attached hydrogen (secondary N) is 1. The van der Waals surface area contributed by atoms with Gasteiger partial charge in [-0.05, 0) is 36.8 Å². The van der Waals surface area contributed by atoms with Crippen molar-refractivity contribution >= 4 is 15.7 Å². The zero-order chi connectivity index (χ0) is 19.2. The summed E-state index contributed by atoms with van der Waals surface area (Å²) in [7, 11) is -3.14. The number of hydrogen-bond acceptors (Lipinski definition) is 6. The highest BCUT2D eigenvalue weighted by molar-refractivity contribution is 7.92. The molecular formula is C16H16F2N4O3S. The molecule has 0 saturated carbocycles. The van der Waals surface area contributed by atoms with Gasteiger partial charge in [0.05, 0.1) is 11.8 Å². The van der Waals surface area contributed by atoms with E-state index >= 15 is 0 Å². The van der Waals surface area contributed by atoms with Crippen LogP contribution in [0.1, 0.15) is 17.9 Å². The van der Waals surface area contributed by atoms with E-state index in [1.165, 1.54) is 6.20 Å². The second-order valence-corrected chi connectivity index (χ2v) is 6.98. The number of pyridine rings is 1. The summed E-state index contributed by atoms with van der Waals surface area (Å²) in [5, 5.41) is 6.67. The van der Waals surface area contributed by atoms with Crippen LogP contribution in [0, 0.1) is 6.92 Å². The van der Waals surface area contributed by atoms with Gasteiger partial charge in [0.1, 0.15) is 0 Å². The van der Waals surface area contributed by atoms with E-state index < -0.39 is 22.3 Å². The van der Waals surface area contributed by atoms with Crippen LogP contribution in [-0.4, -0.2) is 29.9 Å². The summed E-state index contributed by atoms with van der Waals surface area (Å²) in [5.74, 6) is -0.628. The lowest BCUT2D eigenvalue weighted by atomic mass is 10.2. The maximum absolute atomic E-state index is 12.1. The number of aromatic nitrogens is 3. The summed E-state index contributed by atoms with van der Waals surface area (Å²) < 4.78 is 52.9. The van der Waals surface area contributed by atoms with E-state index in [1.54, 1.807) is 30.5 Å². The van der Waals surface area contributed by atoms with Gasteiger partial charge in [0, 0.05) is 18.1 Å². The van der Waals surface area contributed by atoms with Crippen molar-refractivity contribution in [3.8, 4) is 11.5 Å². The van der Waals surface area contributed by atoms with Gasteiger partial charge < -0.3 is 4.42 Å². The third kappa shape index (κ3) is 6.20. The molecule has 7 nitrogen and oxygen atoms in total. The first-order valence-corrected chi connectivity index (χ1v) is 9.20. The van der Waals surface area contributed by atoms with Crippen LogP contribution < -0.4 is 4.72 Å². The minimum atomic E-state index is -3.14. The molecule has 0 aliphatic heterocycles. The van der Waals surface area contributed by atoms with Crippen LogP contribution in [0.3, 0.4) is 0 Å². The van der Waals surface area contributed by atoms with Crippen molar-refractivity contribution in [3.63, 3.8) is 0 Å². The van der Waals surface area contributed by atoms with E-state index in [2.05, 4.69) is 19.9 Å². The number of rotatable bonds is 4. The largest absolute Gasteiger partial charge is 0.415 e. The lowest BCUT2D eigenvalue weighted by Gasteiger charge is -2.03. The van der Waals surface area contributed by atoms with Crippen LogP contribution in [0.25, 0.3) is 11.5 Å². The van der Waals surface area contributed by atoms with E-state index in [-0.39, 0.29) is 5.89 Å². The number of halogens is 2. The second kappa shape index (κ2) is 8.48. The molecule has 2 aromatic heterocycles. The van der Waals surface area contributed by atoms with Crippen LogP contribution in [-0.2, 0) is 10.0 Å². The highest BCUT2D eigenvalue weighted by Gasteiger charge is 2.16. The van der Waals surface area contributed by atoms with E-state index in [4.69, 9.17) is 4.42 Å². The molecule has 0 aliphatic rings. The van der Waals surface area contributed by atoms with Gasteiger partial charge in [-0.15, -0.1) is 10.2 Å². The Morgan fingerprint density at radius 2 is 1.92 bits per heavy atom. The Hall–Kier alpha value is -2.88. The van der Waals surface area contributed by atoms with Crippen molar-refractivity contribution in [1.29, 1.82) is 0 Å². The van der Waals surface area contributed by atoms with Gasteiger partial charge in [-0.3, -0.25) is 9.71 Å². The van der Waals surface area contributed by atoms with Gasteiger partial charge in [0.15, 0.2) is 0 Å². The van der Waals surface area contributed by atoms with Gasteiger partial charge >= 0.3 is 6.43 Å². The van der Waals surface area contributed by atoms with Crippen LogP contribution >= 0.6 is 0 Å². The smallest absolute Gasteiger partial charge is 0.314 e. The van der Waals surface area contributed by atoms with Gasteiger partial charge in [-0.1, -0.05) is 12.1 Å². The second-order valence-electron chi connectivity index (χ2n) is 5.23. The predicted octanol–water partition coefficient (Wildman–Crippen LogP) is 3.44. The first kappa shape index (κ1) is 19.4. The minimum Gasteiger partial charge on any atom is -0.415 e. The quantitative estimate of drug-likeness (QED) is 0.742. The van der Waals surface area contributed by atoms with E-state index in [9.17, 15) is 17.2 Å². The first-order chi connectivity index (χ1) is 12.2. The molecule has 0 fully saturated rings. The van der Waals surface area contributed by atoms with E-state index in [0.29, 0.717) is 11.3 Å². The van der Waals surface area contributed by atoms with Crippen LogP contribution in [0.5, 0.6) is 0 Å². The number of benzene rings is 1.